The highest BCUT2D eigenvalue weighted by Gasteiger charge is 2.18. The van der Waals surface area contributed by atoms with E-state index in [1.165, 1.54) is 10.9 Å². The fraction of sp³-hybridized carbons (Fsp3) is 0.364. The molecule has 1 aromatic carbocycles. The van der Waals surface area contributed by atoms with Gasteiger partial charge in [-0.3, -0.25) is 4.98 Å². The van der Waals surface area contributed by atoms with E-state index in [-0.39, 0.29) is 12.1 Å². The third-order valence-corrected chi connectivity index (χ3v) is 5.04. The summed E-state index contributed by atoms with van der Waals surface area (Å²) in [6.07, 6.45) is 6.66. The van der Waals surface area contributed by atoms with Crippen molar-refractivity contribution >= 4 is 16.9 Å². The molecule has 0 saturated heterocycles. The number of aryl methyl sites for hydroxylation is 1. The molecule has 0 saturated carbocycles. The van der Waals surface area contributed by atoms with Crippen LogP contribution in [0.5, 0.6) is 0 Å². The number of fused-ring (bicyclic) bond motifs is 1. The van der Waals surface area contributed by atoms with Crippen LogP contribution in [-0.4, -0.2) is 27.9 Å². The Labute approximate surface area is 160 Å². The Morgan fingerprint density at radius 2 is 2.07 bits per heavy atom. The number of H-pyrrole nitrogens is 1. The normalized spacial score (nSPS) is 12.1. The monoisotopic (exact) mass is 364 g/mol. The number of para-hydroxylation sites is 1. The molecule has 2 amide bonds. The van der Waals surface area contributed by atoms with Crippen molar-refractivity contribution in [3.8, 4) is 0 Å². The molecule has 2 aromatic heterocycles. The minimum absolute atomic E-state index is 0.0163. The van der Waals surface area contributed by atoms with Crippen LogP contribution in [0.2, 0.25) is 0 Å². The molecule has 0 aliphatic rings. The van der Waals surface area contributed by atoms with Crippen molar-refractivity contribution in [3.05, 3.63) is 65.6 Å². The number of aromatic nitrogens is 2. The van der Waals surface area contributed by atoms with Crippen LogP contribution in [0, 0.1) is 6.92 Å². The van der Waals surface area contributed by atoms with Crippen molar-refractivity contribution in [1.82, 2.24) is 20.2 Å². The summed E-state index contributed by atoms with van der Waals surface area (Å²) < 4.78 is 0. The van der Waals surface area contributed by atoms with Crippen molar-refractivity contribution in [2.75, 3.05) is 7.05 Å². The van der Waals surface area contributed by atoms with Crippen LogP contribution in [0.4, 0.5) is 4.79 Å². The van der Waals surface area contributed by atoms with Gasteiger partial charge < -0.3 is 15.2 Å². The molecule has 0 fully saturated rings. The summed E-state index contributed by atoms with van der Waals surface area (Å²) in [7, 11) is 1.83. The number of carbonyl (C=O) groups excluding carboxylic acids is 1. The molecule has 0 radical (unpaired) electrons. The Balaban J connectivity index is 1.70. The minimum atomic E-state index is -0.0713. The number of hydrogen-bond acceptors (Lipinski definition) is 2. The van der Waals surface area contributed by atoms with Crippen LogP contribution in [0.3, 0.4) is 0 Å². The minimum Gasteiger partial charge on any atom is -0.357 e. The molecule has 0 spiro atoms. The Morgan fingerprint density at radius 1 is 1.26 bits per heavy atom. The second-order valence-electron chi connectivity index (χ2n) is 7.06. The zero-order valence-corrected chi connectivity index (χ0v) is 16.3. The summed E-state index contributed by atoms with van der Waals surface area (Å²) in [5.41, 5.74) is 4.42. The van der Waals surface area contributed by atoms with E-state index < -0.39 is 0 Å². The quantitative estimate of drug-likeness (QED) is 0.623. The number of unbranched alkanes of at least 4 members (excludes halogenated alkanes) is 1. The number of hydrogen-bond donors (Lipinski definition) is 2. The van der Waals surface area contributed by atoms with E-state index in [1.54, 1.807) is 11.1 Å². The maximum atomic E-state index is 12.8. The van der Waals surface area contributed by atoms with Crippen molar-refractivity contribution in [2.24, 2.45) is 0 Å². The third-order valence-electron chi connectivity index (χ3n) is 5.04. The Bertz CT molecular complexity index is 888. The van der Waals surface area contributed by atoms with Crippen LogP contribution in [0.1, 0.15) is 49.0 Å². The van der Waals surface area contributed by atoms with Gasteiger partial charge in [-0.15, -0.1) is 0 Å². The molecule has 0 bridgehead atoms. The summed E-state index contributed by atoms with van der Waals surface area (Å²) in [4.78, 5) is 22.2. The lowest BCUT2D eigenvalue weighted by atomic mass is 10.0. The molecule has 3 rings (SSSR count). The van der Waals surface area contributed by atoms with E-state index in [0.717, 1.165) is 36.0 Å². The first kappa shape index (κ1) is 19.0. The molecule has 0 aliphatic heterocycles. The maximum Gasteiger partial charge on any atom is 0.317 e. The standard InChI is InChI=1S/C22H28N4O/c1-4-5-11-19(17-9-8-13-23-14-17)25-22(27)26(3)15-21-16(2)18-10-6-7-12-20(18)24-21/h6-10,12-14,19,24H,4-5,11,15H2,1-3H3,(H,25,27)/t19-/m1/s1. The molecule has 0 unspecified atom stereocenters. The van der Waals surface area contributed by atoms with E-state index in [2.05, 4.69) is 41.3 Å². The molecule has 3 aromatic rings. The number of benzene rings is 1. The molecule has 142 valence electrons. The van der Waals surface area contributed by atoms with Gasteiger partial charge in [-0.25, -0.2) is 4.79 Å². The number of aromatic amines is 1. The number of pyridine rings is 1. The molecule has 1 atom stereocenters. The van der Waals surface area contributed by atoms with E-state index in [0.29, 0.717) is 6.54 Å². The molecule has 5 nitrogen and oxygen atoms in total. The number of urea groups is 1. The smallest absolute Gasteiger partial charge is 0.317 e. The summed E-state index contributed by atoms with van der Waals surface area (Å²) in [5, 5.41) is 4.38. The fourth-order valence-corrected chi connectivity index (χ4v) is 3.38. The van der Waals surface area contributed by atoms with Gasteiger partial charge in [0.2, 0.25) is 0 Å². The summed E-state index contributed by atoms with van der Waals surface area (Å²) >= 11 is 0. The van der Waals surface area contributed by atoms with Crippen LogP contribution in [0.15, 0.2) is 48.8 Å². The first-order chi connectivity index (χ1) is 13.1. The highest BCUT2D eigenvalue weighted by Crippen LogP contribution is 2.23. The largest absolute Gasteiger partial charge is 0.357 e. The van der Waals surface area contributed by atoms with Gasteiger partial charge >= 0.3 is 6.03 Å². The van der Waals surface area contributed by atoms with Crippen molar-refractivity contribution in [1.29, 1.82) is 0 Å². The topological polar surface area (TPSA) is 61.0 Å². The number of nitrogens with one attached hydrogen (secondary N) is 2. The van der Waals surface area contributed by atoms with Crippen molar-refractivity contribution < 1.29 is 4.79 Å². The summed E-state index contributed by atoms with van der Waals surface area (Å²) in [6.45, 7) is 4.80. The maximum absolute atomic E-state index is 12.8. The van der Waals surface area contributed by atoms with E-state index in [1.807, 2.05) is 37.5 Å². The number of rotatable bonds is 7. The van der Waals surface area contributed by atoms with Crippen molar-refractivity contribution in [3.63, 3.8) is 0 Å². The Hall–Kier alpha value is -2.82. The highest BCUT2D eigenvalue weighted by molar-refractivity contribution is 5.84. The Morgan fingerprint density at radius 3 is 2.78 bits per heavy atom. The van der Waals surface area contributed by atoms with Crippen LogP contribution in [-0.2, 0) is 6.54 Å². The molecular formula is C22H28N4O. The third kappa shape index (κ3) is 4.48. The predicted octanol–water partition coefficient (Wildman–Crippen LogP) is 4.94. The summed E-state index contributed by atoms with van der Waals surface area (Å²) in [5.74, 6) is 0. The lowest BCUT2D eigenvalue weighted by molar-refractivity contribution is 0.201. The van der Waals surface area contributed by atoms with Gasteiger partial charge in [0, 0.05) is 36.0 Å². The van der Waals surface area contributed by atoms with Gasteiger partial charge in [0.1, 0.15) is 0 Å². The van der Waals surface area contributed by atoms with Gasteiger partial charge in [-0.05, 0) is 36.6 Å². The predicted molar refractivity (Wildman–Crippen MR) is 110 cm³/mol. The molecule has 27 heavy (non-hydrogen) atoms. The average molecular weight is 364 g/mol. The van der Waals surface area contributed by atoms with Gasteiger partial charge in [-0.1, -0.05) is 44.0 Å². The molecular weight excluding hydrogens is 336 g/mol. The van der Waals surface area contributed by atoms with Crippen molar-refractivity contribution in [2.45, 2.75) is 45.7 Å². The van der Waals surface area contributed by atoms with Gasteiger partial charge in [0.15, 0.2) is 0 Å². The molecule has 0 aliphatic carbocycles. The van der Waals surface area contributed by atoms with Gasteiger partial charge in [-0.2, -0.15) is 0 Å². The zero-order valence-electron chi connectivity index (χ0n) is 16.3. The van der Waals surface area contributed by atoms with E-state index in [4.69, 9.17) is 0 Å². The highest BCUT2D eigenvalue weighted by atomic mass is 16.2. The first-order valence-electron chi connectivity index (χ1n) is 9.58. The van der Waals surface area contributed by atoms with E-state index >= 15 is 0 Å². The summed E-state index contributed by atoms with van der Waals surface area (Å²) in [6, 6.07) is 12.1. The average Bonchev–Trinajstić information content (AvgIpc) is 3.01. The Kier molecular flexibility index (Phi) is 6.12. The lowest BCUT2D eigenvalue weighted by Gasteiger charge is -2.24. The van der Waals surface area contributed by atoms with Crippen LogP contribution >= 0.6 is 0 Å². The SMILES string of the molecule is CCCC[C@@H](NC(=O)N(C)Cc1[nH]c2ccccc2c1C)c1cccnc1. The zero-order chi connectivity index (χ0) is 19.2. The van der Waals surface area contributed by atoms with Gasteiger partial charge in [0.25, 0.3) is 0 Å². The van der Waals surface area contributed by atoms with E-state index in [9.17, 15) is 4.79 Å². The first-order valence-corrected chi connectivity index (χ1v) is 9.58. The second-order valence-corrected chi connectivity index (χ2v) is 7.06. The number of carbonyl (C=O) groups is 1. The molecule has 2 heterocycles. The fourth-order valence-electron chi connectivity index (χ4n) is 3.38. The number of nitrogens with zero attached hydrogens (tertiary/aromatic N) is 2. The van der Waals surface area contributed by atoms with Gasteiger partial charge in [0.05, 0.1) is 12.6 Å². The lowest BCUT2D eigenvalue weighted by Crippen LogP contribution is -2.39. The van der Waals surface area contributed by atoms with Crippen LogP contribution in [0.25, 0.3) is 10.9 Å². The van der Waals surface area contributed by atoms with Crippen LogP contribution < -0.4 is 5.32 Å². The number of amides is 2. The second kappa shape index (κ2) is 8.71. The molecule has 2 N–H and O–H groups in total. The molecule has 5 heteroatoms.